The van der Waals surface area contributed by atoms with E-state index in [1.54, 1.807) is 6.07 Å². The Bertz CT molecular complexity index is 1300. The van der Waals surface area contributed by atoms with Crippen molar-refractivity contribution in [3.05, 3.63) is 53.6 Å². The number of quaternary nitrogens is 1. The number of nitrogens with zero attached hydrogens (tertiary/aromatic N) is 3. The molecule has 0 amide bonds. The third-order valence-corrected chi connectivity index (χ3v) is 12.6. The van der Waals surface area contributed by atoms with E-state index in [2.05, 4.69) is 18.7 Å². The molecule has 8 heteroatoms. The van der Waals surface area contributed by atoms with Crippen molar-refractivity contribution in [3.63, 3.8) is 0 Å². The fourth-order valence-electron chi connectivity index (χ4n) is 7.82. The lowest BCUT2D eigenvalue weighted by atomic mass is 9.68. The highest BCUT2D eigenvalue weighted by Crippen LogP contribution is 2.50. The lowest BCUT2D eigenvalue weighted by Gasteiger charge is -2.50. The Morgan fingerprint density at radius 2 is 1.57 bits per heavy atom. The number of rotatable bonds is 13. The van der Waals surface area contributed by atoms with Crippen LogP contribution in [0.5, 0.6) is 5.75 Å². The number of aliphatic hydroxyl groups is 1. The molecule has 0 radical (unpaired) electrons. The van der Waals surface area contributed by atoms with E-state index in [1.165, 1.54) is 50.3 Å². The molecule has 2 bridgehead atoms. The van der Waals surface area contributed by atoms with E-state index >= 15 is 0 Å². The van der Waals surface area contributed by atoms with Gasteiger partial charge in [0, 0.05) is 57.2 Å². The second kappa shape index (κ2) is 14.5. The third kappa shape index (κ3) is 7.30. The molecule has 0 unspecified atom stereocenters. The summed E-state index contributed by atoms with van der Waals surface area (Å²) in [7, 11) is 0.323. The maximum Gasteiger partial charge on any atom is 0.179 e. The summed E-state index contributed by atoms with van der Waals surface area (Å²) in [6.07, 6.45) is 5.35. The molecule has 0 aliphatic carbocycles. The Labute approximate surface area is 267 Å². The standard InChI is InChI=1S/C35H54N3O4S.CH4/c1-5-7-16-35(17-8-6-2)27-43(40,41)32-15-12-29(36(3)4)26-31(32)33(34(35)39)28-10-13-30(14-11-28)42-25-9-21-38-22-18-37(19-23-38)20-24-38;/h10-15,26,33-34,39H,5-9,16-25,27H2,1-4H3;1H4/q+1;/t33-,34-;/m1./s1. The molecular weight excluding hydrogens is 570 g/mol. The van der Waals surface area contributed by atoms with Crippen LogP contribution in [-0.4, -0.2) is 101 Å². The average molecular weight is 629 g/mol. The number of ether oxygens (including phenoxy) is 1. The van der Waals surface area contributed by atoms with Crippen LogP contribution in [0.3, 0.4) is 0 Å². The number of anilines is 1. The first-order valence-corrected chi connectivity index (χ1v) is 18.3. The van der Waals surface area contributed by atoms with Gasteiger partial charge < -0.3 is 19.2 Å². The largest absolute Gasteiger partial charge is 0.493 e. The van der Waals surface area contributed by atoms with Gasteiger partial charge in [-0.05, 0) is 54.3 Å². The molecule has 6 rings (SSSR count). The molecule has 4 aliphatic rings. The minimum atomic E-state index is -3.61. The average Bonchev–Trinajstić information content (AvgIpc) is 3.08. The molecule has 0 aromatic heterocycles. The summed E-state index contributed by atoms with van der Waals surface area (Å²) in [6.45, 7) is 13.6. The minimum Gasteiger partial charge on any atom is -0.493 e. The van der Waals surface area contributed by atoms with Gasteiger partial charge >= 0.3 is 0 Å². The van der Waals surface area contributed by atoms with E-state index < -0.39 is 27.3 Å². The van der Waals surface area contributed by atoms with Gasteiger partial charge in [0.15, 0.2) is 9.84 Å². The van der Waals surface area contributed by atoms with Crippen molar-refractivity contribution in [1.29, 1.82) is 0 Å². The molecule has 0 saturated carbocycles. The van der Waals surface area contributed by atoms with Crippen LogP contribution in [0.2, 0.25) is 0 Å². The van der Waals surface area contributed by atoms with E-state index in [-0.39, 0.29) is 13.2 Å². The second-order valence-corrected chi connectivity index (χ2v) is 15.7. The molecule has 2 aromatic rings. The zero-order valence-electron chi connectivity index (χ0n) is 26.9. The van der Waals surface area contributed by atoms with Crippen molar-refractivity contribution >= 4 is 15.5 Å². The van der Waals surface area contributed by atoms with Crippen molar-refractivity contribution in [1.82, 2.24) is 4.90 Å². The van der Waals surface area contributed by atoms with Gasteiger partial charge in [-0.3, -0.25) is 4.90 Å². The molecule has 7 nitrogen and oxygen atoms in total. The highest BCUT2D eigenvalue weighted by Gasteiger charge is 2.49. The number of aliphatic hydroxyl groups excluding tert-OH is 1. The summed E-state index contributed by atoms with van der Waals surface area (Å²) in [5.41, 5.74) is 1.88. The van der Waals surface area contributed by atoms with Crippen molar-refractivity contribution in [3.8, 4) is 5.75 Å². The van der Waals surface area contributed by atoms with Gasteiger partial charge in [-0.15, -0.1) is 0 Å². The second-order valence-electron chi connectivity index (χ2n) is 13.7. The molecule has 1 N–H and O–H groups in total. The van der Waals surface area contributed by atoms with Gasteiger partial charge in [-0.25, -0.2) is 8.42 Å². The zero-order valence-corrected chi connectivity index (χ0v) is 27.7. The predicted molar refractivity (Wildman–Crippen MR) is 182 cm³/mol. The van der Waals surface area contributed by atoms with Gasteiger partial charge in [-0.2, -0.15) is 0 Å². The number of piperazine rings is 3. The summed E-state index contributed by atoms with van der Waals surface area (Å²) >= 11 is 0. The summed E-state index contributed by atoms with van der Waals surface area (Å²) in [6, 6.07) is 13.7. The third-order valence-electron chi connectivity index (χ3n) is 10.6. The molecule has 2 atom stereocenters. The van der Waals surface area contributed by atoms with Crippen LogP contribution < -0.4 is 9.64 Å². The van der Waals surface area contributed by atoms with Crippen molar-refractivity contribution in [2.45, 2.75) is 83.1 Å². The van der Waals surface area contributed by atoms with Crippen molar-refractivity contribution in [2.75, 3.05) is 77.2 Å². The number of benzene rings is 2. The summed E-state index contributed by atoms with van der Waals surface area (Å²) < 4.78 is 35.6. The number of sulfone groups is 1. The molecular formula is C36H58N3O4S+. The van der Waals surface area contributed by atoms with E-state index in [0.29, 0.717) is 29.9 Å². The highest BCUT2D eigenvalue weighted by atomic mass is 32.2. The molecule has 44 heavy (non-hydrogen) atoms. The minimum absolute atomic E-state index is 0. The van der Waals surface area contributed by atoms with Crippen LogP contribution in [0, 0.1) is 5.41 Å². The Morgan fingerprint density at radius 1 is 0.955 bits per heavy atom. The Morgan fingerprint density at radius 3 is 2.14 bits per heavy atom. The van der Waals surface area contributed by atoms with Gasteiger partial charge in [0.1, 0.15) is 5.75 Å². The van der Waals surface area contributed by atoms with E-state index in [0.717, 1.165) is 49.1 Å². The quantitative estimate of drug-likeness (QED) is 0.218. The first kappa shape index (κ1) is 34.7. The zero-order chi connectivity index (χ0) is 30.7. The van der Waals surface area contributed by atoms with Crippen molar-refractivity contribution in [2.24, 2.45) is 5.41 Å². The topological polar surface area (TPSA) is 70.1 Å². The van der Waals surface area contributed by atoms with E-state index in [1.807, 2.05) is 55.4 Å². The maximum atomic E-state index is 14.1. The highest BCUT2D eigenvalue weighted by molar-refractivity contribution is 7.91. The molecule has 4 aliphatic heterocycles. The van der Waals surface area contributed by atoms with Crippen molar-refractivity contribution < 1.29 is 22.7 Å². The first-order chi connectivity index (χ1) is 20.6. The van der Waals surface area contributed by atoms with Crippen LogP contribution in [0.15, 0.2) is 47.4 Å². The van der Waals surface area contributed by atoms with Gasteiger partial charge in [0.25, 0.3) is 0 Å². The van der Waals surface area contributed by atoms with E-state index in [4.69, 9.17) is 4.74 Å². The SMILES string of the molecule is C.CCCCC1(CCCC)CS(=O)(=O)c2ccc(N(C)C)cc2[C@@H](c2ccc(OCCC[N+]34CCN(CC3)CC4)cc2)[C@H]1O. The molecule has 0 spiro atoms. The molecule has 3 fully saturated rings. The van der Waals surface area contributed by atoms with Crippen LogP contribution in [0.1, 0.15) is 83.3 Å². The summed E-state index contributed by atoms with van der Waals surface area (Å²) in [5, 5.41) is 12.4. The fraction of sp³-hybridized carbons (Fsp3) is 0.667. The lowest BCUT2D eigenvalue weighted by molar-refractivity contribution is -0.941. The molecule has 2 aromatic carbocycles. The molecule has 246 valence electrons. The number of unbranched alkanes of at least 4 members (excludes halogenated alkanes) is 2. The molecule has 4 heterocycles. The Balaban J connectivity index is 0.00000442. The first-order valence-electron chi connectivity index (χ1n) is 16.6. The number of hydrogen-bond acceptors (Lipinski definition) is 6. The summed E-state index contributed by atoms with van der Waals surface area (Å²) in [5.74, 6) is 0.377. The molecule has 3 saturated heterocycles. The number of fused-ring (bicyclic) bond motifs is 4. The Kier molecular flexibility index (Phi) is 11.5. The fourth-order valence-corrected chi connectivity index (χ4v) is 10.0. The lowest BCUT2D eigenvalue weighted by Crippen LogP contribution is -2.67. The van der Waals surface area contributed by atoms with Gasteiger partial charge in [0.2, 0.25) is 0 Å². The normalized spacial score (nSPS) is 26.7. The number of hydrogen-bond donors (Lipinski definition) is 1. The maximum absolute atomic E-state index is 14.1. The predicted octanol–water partition coefficient (Wildman–Crippen LogP) is 5.95. The summed E-state index contributed by atoms with van der Waals surface area (Å²) in [4.78, 5) is 4.94. The van der Waals surface area contributed by atoms with E-state index in [9.17, 15) is 13.5 Å². The van der Waals surface area contributed by atoms with Gasteiger partial charge in [-0.1, -0.05) is 59.1 Å². The van der Waals surface area contributed by atoms with Crippen LogP contribution in [0.25, 0.3) is 0 Å². The monoisotopic (exact) mass is 628 g/mol. The smallest absolute Gasteiger partial charge is 0.179 e. The van der Waals surface area contributed by atoms with Gasteiger partial charge in [0.05, 0.1) is 49.5 Å². The van der Waals surface area contributed by atoms with Crippen LogP contribution in [0.4, 0.5) is 5.69 Å². The Hall–Kier alpha value is -2.13. The van der Waals surface area contributed by atoms with Crippen LogP contribution in [-0.2, 0) is 9.84 Å². The van der Waals surface area contributed by atoms with Crippen LogP contribution >= 0.6 is 0 Å².